The molecule has 0 fully saturated rings. The van der Waals surface area contributed by atoms with Crippen LogP contribution >= 0.6 is 0 Å². The summed E-state index contributed by atoms with van der Waals surface area (Å²) in [6.45, 7) is 2.19. The van der Waals surface area contributed by atoms with Gasteiger partial charge in [-0.1, -0.05) is 56.5 Å². The summed E-state index contributed by atoms with van der Waals surface area (Å²) < 4.78 is 0. The minimum absolute atomic E-state index is 0.253. The van der Waals surface area contributed by atoms with Gasteiger partial charge in [0.25, 0.3) is 0 Å². The Morgan fingerprint density at radius 1 is 0.952 bits per heavy atom. The van der Waals surface area contributed by atoms with E-state index in [4.69, 9.17) is 0 Å². The van der Waals surface area contributed by atoms with Crippen LogP contribution in [0, 0.1) is 0 Å². The van der Waals surface area contributed by atoms with Crippen LogP contribution in [0.3, 0.4) is 0 Å². The first kappa shape index (κ1) is 13.9. The number of fused-ring (bicyclic) bond motifs is 3. The number of nitrogens with one attached hydrogen (secondary N) is 1. The number of hydrogen-bond acceptors (Lipinski definition) is 1. The fourth-order valence-corrected chi connectivity index (χ4v) is 2.95. The van der Waals surface area contributed by atoms with Crippen molar-refractivity contribution in [2.75, 3.05) is 0 Å². The van der Waals surface area contributed by atoms with Gasteiger partial charge in [-0.15, -0.1) is 0 Å². The third-order valence-electron chi connectivity index (χ3n) is 4.10. The molecule has 0 spiro atoms. The van der Waals surface area contributed by atoms with Gasteiger partial charge in [0, 0.05) is 28.3 Å². The number of rotatable bonds is 6. The number of benzene rings is 2. The average molecular weight is 279 g/mol. The molecular weight excluding hydrogens is 258 g/mol. The second kappa shape index (κ2) is 6.13. The van der Waals surface area contributed by atoms with Crippen molar-refractivity contribution in [1.29, 1.82) is 0 Å². The van der Waals surface area contributed by atoms with Crippen molar-refractivity contribution in [1.82, 2.24) is 4.98 Å². The molecule has 0 atom stereocenters. The van der Waals surface area contributed by atoms with Crippen molar-refractivity contribution < 1.29 is 4.79 Å². The van der Waals surface area contributed by atoms with Crippen LogP contribution in [0.1, 0.15) is 49.4 Å². The highest BCUT2D eigenvalue weighted by atomic mass is 16.1. The van der Waals surface area contributed by atoms with E-state index in [2.05, 4.69) is 30.1 Å². The molecule has 0 aliphatic heterocycles. The molecule has 108 valence electrons. The van der Waals surface area contributed by atoms with Gasteiger partial charge in [0.05, 0.1) is 5.52 Å². The summed E-state index contributed by atoms with van der Waals surface area (Å²) in [5, 5.41) is 2.33. The van der Waals surface area contributed by atoms with Gasteiger partial charge in [0.15, 0.2) is 5.78 Å². The van der Waals surface area contributed by atoms with E-state index in [1.807, 2.05) is 24.3 Å². The topological polar surface area (TPSA) is 32.9 Å². The summed E-state index contributed by atoms with van der Waals surface area (Å²) in [5.74, 6) is 0.253. The fraction of sp³-hybridized carbons (Fsp3) is 0.316. The van der Waals surface area contributed by atoms with Crippen LogP contribution in [0.2, 0.25) is 0 Å². The number of unbranched alkanes of at least 4 members (excludes halogenated alkanes) is 3. The molecule has 2 aromatic carbocycles. The van der Waals surface area contributed by atoms with E-state index in [9.17, 15) is 4.79 Å². The number of para-hydroxylation sites is 2. The van der Waals surface area contributed by atoms with E-state index >= 15 is 0 Å². The van der Waals surface area contributed by atoms with Crippen LogP contribution in [-0.4, -0.2) is 10.8 Å². The highest BCUT2D eigenvalue weighted by Gasteiger charge is 2.13. The molecule has 0 saturated carbocycles. The maximum absolute atomic E-state index is 12.5. The van der Waals surface area contributed by atoms with Gasteiger partial charge in [0.1, 0.15) is 0 Å². The smallest absolute Gasteiger partial charge is 0.164 e. The summed E-state index contributed by atoms with van der Waals surface area (Å²) in [7, 11) is 0. The second-order valence-corrected chi connectivity index (χ2v) is 5.63. The molecule has 2 nitrogen and oxygen atoms in total. The first-order valence-corrected chi connectivity index (χ1v) is 7.84. The first-order valence-electron chi connectivity index (χ1n) is 7.84. The minimum Gasteiger partial charge on any atom is -0.354 e. The third-order valence-corrected chi connectivity index (χ3v) is 4.10. The molecule has 0 unspecified atom stereocenters. The summed E-state index contributed by atoms with van der Waals surface area (Å²) in [5.41, 5.74) is 2.91. The van der Waals surface area contributed by atoms with Crippen LogP contribution in [-0.2, 0) is 0 Å². The van der Waals surface area contributed by atoms with Crippen LogP contribution in [0.25, 0.3) is 21.8 Å². The Morgan fingerprint density at radius 3 is 2.62 bits per heavy atom. The highest BCUT2D eigenvalue weighted by Crippen LogP contribution is 2.28. The van der Waals surface area contributed by atoms with Crippen molar-refractivity contribution >= 4 is 27.6 Å². The van der Waals surface area contributed by atoms with E-state index in [1.165, 1.54) is 18.2 Å². The van der Waals surface area contributed by atoms with E-state index in [0.717, 1.165) is 34.8 Å². The molecule has 0 radical (unpaired) electrons. The molecule has 0 saturated heterocycles. The third kappa shape index (κ3) is 2.71. The number of aromatic amines is 1. The molecule has 0 aliphatic carbocycles. The summed E-state index contributed by atoms with van der Waals surface area (Å²) in [6.07, 6.45) is 5.19. The van der Waals surface area contributed by atoms with Crippen molar-refractivity contribution in [3.63, 3.8) is 0 Å². The number of carbonyl (C=O) groups excluding carboxylic acids is 1. The number of ketones is 1. The molecule has 0 aliphatic rings. The Kier molecular flexibility index (Phi) is 4.05. The lowest BCUT2D eigenvalue weighted by atomic mass is 10.0. The van der Waals surface area contributed by atoms with Crippen molar-refractivity contribution in [3.05, 3.63) is 48.0 Å². The zero-order valence-corrected chi connectivity index (χ0v) is 12.5. The number of H-pyrrole nitrogens is 1. The number of carbonyl (C=O) groups is 1. The Balaban J connectivity index is 1.93. The van der Waals surface area contributed by atoms with Crippen LogP contribution in [0.15, 0.2) is 42.5 Å². The van der Waals surface area contributed by atoms with Gasteiger partial charge in [-0.3, -0.25) is 4.79 Å². The van der Waals surface area contributed by atoms with Crippen molar-refractivity contribution in [3.8, 4) is 0 Å². The summed E-state index contributed by atoms with van der Waals surface area (Å²) in [6, 6.07) is 14.2. The second-order valence-electron chi connectivity index (χ2n) is 5.63. The molecule has 0 amide bonds. The van der Waals surface area contributed by atoms with E-state index in [0.29, 0.717) is 6.42 Å². The standard InChI is InChI=1S/C19H21NO/c1-2-3-4-5-13-18(21)16-11-8-10-15-14-9-6-7-12-17(14)20-19(15)16/h6-12,20H,2-5,13H2,1H3. The van der Waals surface area contributed by atoms with Crippen molar-refractivity contribution in [2.24, 2.45) is 0 Å². The van der Waals surface area contributed by atoms with Gasteiger partial charge >= 0.3 is 0 Å². The van der Waals surface area contributed by atoms with E-state index in [1.54, 1.807) is 0 Å². The van der Waals surface area contributed by atoms with E-state index < -0.39 is 0 Å². The normalized spacial score (nSPS) is 11.3. The van der Waals surface area contributed by atoms with Gasteiger partial charge in [-0.2, -0.15) is 0 Å². The van der Waals surface area contributed by atoms with Gasteiger partial charge in [-0.05, 0) is 18.6 Å². The Morgan fingerprint density at radius 2 is 1.76 bits per heavy atom. The zero-order chi connectivity index (χ0) is 14.7. The summed E-state index contributed by atoms with van der Waals surface area (Å²) in [4.78, 5) is 15.9. The predicted octanol–water partition coefficient (Wildman–Crippen LogP) is 5.47. The maximum atomic E-state index is 12.5. The highest BCUT2D eigenvalue weighted by molar-refractivity contribution is 6.15. The Bertz CT molecular complexity index is 769. The molecule has 0 bridgehead atoms. The molecule has 3 aromatic rings. The first-order chi connectivity index (χ1) is 10.3. The minimum atomic E-state index is 0.253. The molecule has 1 N–H and O–H groups in total. The molecule has 1 aromatic heterocycles. The molecule has 1 heterocycles. The molecule has 2 heteroatoms. The van der Waals surface area contributed by atoms with Crippen LogP contribution in [0.5, 0.6) is 0 Å². The Hall–Kier alpha value is -2.09. The lowest BCUT2D eigenvalue weighted by Crippen LogP contribution is -2.00. The van der Waals surface area contributed by atoms with Gasteiger partial charge < -0.3 is 4.98 Å². The predicted molar refractivity (Wildman–Crippen MR) is 88.9 cm³/mol. The molecule has 21 heavy (non-hydrogen) atoms. The Labute approximate surface area is 125 Å². The van der Waals surface area contributed by atoms with Gasteiger partial charge in [-0.25, -0.2) is 0 Å². The van der Waals surface area contributed by atoms with Crippen LogP contribution < -0.4 is 0 Å². The quantitative estimate of drug-likeness (QED) is 0.470. The molecule has 3 rings (SSSR count). The number of Topliss-reactive ketones (excluding diaryl/α,β-unsaturated/α-hetero) is 1. The lowest BCUT2D eigenvalue weighted by Gasteiger charge is -2.03. The lowest BCUT2D eigenvalue weighted by molar-refractivity contribution is 0.0980. The SMILES string of the molecule is CCCCCCC(=O)c1cccc2c1[nH]c1ccccc12. The van der Waals surface area contributed by atoms with Crippen molar-refractivity contribution in [2.45, 2.75) is 39.0 Å². The fourth-order valence-electron chi connectivity index (χ4n) is 2.95. The monoisotopic (exact) mass is 279 g/mol. The zero-order valence-electron chi connectivity index (χ0n) is 12.5. The van der Waals surface area contributed by atoms with Crippen LogP contribution in [0.4, 0.5) is 0 Å². The van der Waals surface area contributed by atoms with Gasteiger partial charge in [0.2, 0.25) is 0 Å². The average Bonchev–Trinajstić information content (AvgIpc) is 2.90. The largest absolute Gasteiger partial charge is 0.354 e. The number of hydrogen-bond donors (Lipinski definition) is 1. The molecular formula is C19H21NO. The van der Waals surface area contributed by atoms with E-state index in [-0.39, 0.29) is 5.78 Å². The summed E-state index contributed by atoms with van der Waals surface area (Å²) >= 11 is 0. The number of aromatic nitrogens is 1. The maximum Gasteiger partial charge on any atom is 0.164 e.